The largest absolute Gasteiger partial charge is 0.384 e. The zero-order valence-electron chi connectivity index (χ0n) is 9.72. The topological polar surface area (TPSA) is 66.0 Å². The molecular weight excluding hydrogens is 192 g/mol. The number of carbonyl (C=O) groups excluding carboxylic acids is 1. The molecule has 0 aliphatic carbocycles. The van der Waals surface area contributed by atoms with Crippen LogP contribution in [-0.2, 0) is 12.0 Å². The average molecular weight is 210 g/mol. The summed E-state index contributed by atoms with van der Waals surface area (Å²) in [6, 6.07) is 0. The molecule has 4 heteroatoms. The van der Waals surface area contributed by atoms with Gasteiger partial charge in [-0.2, -0.15) is 0 Å². The Balaban J connectivity index is 3.18. The van der Waals surface area contributed by atoms with Crippen LogP contribution in [0.5, 0.6) is 0 Å². The van der Waals surface area contributed by atoms with Gasteiger partial charge in [0.05, 0.1) is 5.69 Å². The van der Waals surface area contributed by atoms with Gasteiger partial charge in [-0.05, 0) is 20.3 Å². The molecule has 1 aromatic rings. The van der Waals surface area contributed by atoms with Crippen molar-refractivity contribution >= 4 is 5.78 Å². The van der Waals surface area contributed by atoms with Gasteiger partial charge in [0.15, 0.2) is 5.78 Å². The average Bonchev–Trinajstić information content (AvgIpc) is 2.48. The molecule has 1 rings (SSSR count). The molecule has 0 fully saturated rings. The molecule has 0 radical (unpaired) electrons. The highest BCUT2D eigenvalue weighted by molar-refractivity contribution is 5.93. The number of aromatic amines is 1. The van der Waals surface area contributed by atoms with Crippen molar-refractivity contribution in [2.45, 2.75) is 46.1 Å². The maximum absolute atomic E-state index is 11.3. The van der Waals surface area contributed by atoms with E-state index in [4.69, 9.17) is 0 Å². The Hall–Kier alpha value is -1.16. The predicted molar refractivity (Wildman–Crippen MR) is 57.8 cm³/mol. The van der Waals surface area contributed by atoms with E-state index in [1.807, 2.05) is 6.92 Å². The number of imidazole rings is 1. The van der Waals surface area contributed by atoms with Crippen molar-refractivity contribution in [2.75, 3.05) is 0 Å². The minimum absolute atomic E-state index is 0.120. The van der Waals surface area contributed by atoms with E-state index < -0.39 is 5.60 Å². The second-order valence-corrected chi connectivity index (χ2v) is 4.27. The van der Waals surface area contributed by atoms with Crippen molar-refractivity contribution in [1.82, 2.24) is 9.97 Å². The molecule has 1 aromatic heterocycles. The Morgan fingerprint density at radius 1 is 1.53 bits per heavy atom. The SMILES string of the molecule is CCCc1nc(C(C)=O)c(C(C)(C)O)[nH]1. The summed E-state index contributed by atoms with van der Waals surface area (Å²) in [5, 5.41) is 9.88. The lowest BCUT2D eigenvalue weighted by molar-refractivity contribution is 0.0715. The molecule has 0 saturated heterocycles. The van der Waals surface area contributed by atoms with Gasteiger partial charge in [-0.1, -0.05) is 6.92 Å². The molecular formula is C11H18N2O2. The summed E-state index contributed by atoms with van der Waals surface area (Å²) >= 11 is 0. The molecule has 0 atom stereocenters. The van der Waals surface area contributed by atoms with Gasteiger partial charge in [-0.25, -0.2) is 4.98 Å². The molecule has 0 aliphatic heterocycles. The predicted octanol–water partition coefficient (Wildman–Crippen LogP) is 1.79. The number of carbonyl (C=O) groups is 1. The molecule has 0 amide bonds. The van der Waals surface area contributed by atoms with Gasteiger partial charge in [0, 0.05) is 13.3 Å². The first-order valence-corrected chi connectivity index (χ1v) is 5.19. The number of hydrogen-bond acceptors (Lipinski definition) is 3. The van der Waals surface area contributed by atoms with Crippen LogP contribution in [0.4, 0.5) is 0 Å². The second-order valence-electron chi connectivity index (χ2n) is 4.27. The zero-order valence-corrected chi connectivity index (χ0v) is 9.72. The lowest BCUT2D eigenvalue weighted by Gasteiger charge is -2.15. The fraction of sp³-hybridized carbons (Fsp3) is 0.636. The van der Waals surface area contributed by atoms with Gasteiger partial charge in [0.1, 0.15) is 17.1 Å². The van der Waals surface area contributed by atoms with Crippen molar-refractivity contribution < 1.29 is 9.90 Å². The third-order valence-corrected chi connectivity index (χ3v) is 2.18. The van der Waals surface area contributed by atoms with Gasteiger partial charge < -0.3 is 10.1 Å². The van der Waals surface area contributed by atoms with Crippen LogP contribution in [0, 0.1) is 0 Å². The van der Waals surface area contributed by atoms with Gasteiger partial charge in [0.2, 0.25) is 0 Å². The van der Waals surface area contributed by atoms with Gasteiger partial charge in [0.25, 0.3) is 0 Å². The number of nitrogens with zero attached hydrogens (tertiary/aromatic N) is 1. The third-order valence-electron chi connectivity index (χ3n) is 2.18. The number of Topliss-reactive ketones (excluding diaryl/α,β-unsaturated/α-hetero) is 1. The quantitative estimate of drug-likeness (QED) is 0.744. The Bertz CT molecular complexity index is 361. The first-order valence-electron chi connectivity index (χ1n) is 5.19. The van der Waals surface area contributed by atoms with Crippen molar-refractivity contribution in [3.63, 3.8) is 0 Å². The van der Waals surface area contributed by atoms with Crippen molar-refractivity contribution in [2.24, 2.45) is 0 Å². The van der Waals surface area contributed by atoms with Gasteiger partial charge >= 0.3 is 0 Å². The smallest absolute Gasteiger partial charge is 0.180 e. The molecule has 0 unspecified atom stereocenters. The Morgan fingerprint density at radius 2 is 2.13 bits per heavy atom. The van der Waals surface area contributed by atoms with E-state index >= 15 is 0 Å². The van der Waals surface area contributed by atoms with Crippen LogP contribution in [0.2, 0.25) is 0 Å². The molecule has 0 spiro atoms. The second kappa shape index (κ2) is 4.14. The summed E-state index contributed by atoms with van der Waals surface area (Å²) in [6.07, 6.45) is 1.74. The van der Waals surface area contributed by atoms with E-state index in [-0.39, 0.29) is 5.78 Å². The van der Waals surface area contributed by atoms with Crippen LogP contribution < -0.4 is 0 Å². The number of ketones is 1. The van der Waals surface area contributed by atoms with Crippen molar-refractivity contribution in [3.8, 4) is 0 Å². The van der Waals surface area contributed by atoms with Crippen molar-refractivity contribution in [1.29, 1.82) is 0 Å². The summed E-state index contributed by atoms with van der Waals surface area (Å²) in [7, 11) is 0. The van der Waals surface area contributed by atoms with Crippen LogP contribution in [-0.4, -0.2) is 20.9 Å². The monoisotopic (exact) mass is 210 g/mol. The number of H-pyrrole nitrogens is 1. The van der Waals surface area contributed by atoms with Crippen molar-refractivity contribution in [3.05, 3.63) is 17.2 Å². The number of hydrogen-bond donors (Lipinski definition) is 2. The highest BCUT2D eigenvalue weighted by Crippen LogP contribution is 2.22. The summed E-state index contributed by atoms with van der Waals surface area (Å²) < 4.78 is 0. The summed E-state index contributed by atoms with van der Waals surface area (Å²) in [5.74, 6) is 0.644. The summed E-state index contributed by atoms with van der Waals surface area (Å²) in [5.41, 5.74) is -0.190. The van der Waals surface area contributed by atoms with E-state index in [0.29, 0.717) is 11.4 Å². The number of nitrogens with one attached hydrogen (secondary N) is 1. The number of aliphatic hydroxyl groups is 1. The van der Waals surface area contributed by atoms with E-state index in [9.17, 15) is 9.90 Å². The van der Waals surface area contributed by atoms with Crippen LogP contribution >= 0.6 is 0 Å². The molecule has 1 heterocycles. The molecule has 4 nitrogen and oxygen atoms in total. The third kappa shape index (κ3) is 2.65. The number of aryl methyl sites for hydroxylation is 1. The Kier molecular flexibility index (Phi) is 3.29. The van der Waals surface area contributed by atoms with E-state index in [0.717, 1.165) is 18.7 Å². The molecule has 0 aromatic carbocycles. The Labute approximate surface area is 89.7 Å². The highest BCUT2D eigenvalue weighted by Gasteiger charge is 2.26. The minimum Gasteiger partial charge on any atom is -0.384 e. The van der Waals surface area contributed by atoms with Crippen LogP contribution in [0.25, 0.3) is 0 Å². The molecule has 0 bridgehead atoms. The number of rotatable bonds is 4. The first kappa shape index (κ1) is 11.9. The molecule has 15 heavy (non-hydrogen) atoms. The Morgan fingerprint density at radius 3 is 2.47 bits per heavy atom. The van der Waals surface area contributed by atoms with Crippen LogP contribution in [0.3, 0.4) is 0 Å². The standard InChI is InChI=1S/C11H18N2O2/c1-5-6-8-12-9(7(2)14)10(13-8)11(3,4)15/h15H,5-6H2,1-4H3,(H,12,13). The first-order chi connectivity index (χ1) is 6.86. The highest BCUT2D eigenvalue weighted by atomic mass is 16.3. The number of aromatic nitrogens is 2. The lowest BCUT2D eigenvalue weighted by Crippen LogP contribution is -2.19. The molecule has 84 valence electrons. The fourth-order valence-corrected chi connectivity index (χ4v) is 1.47. The van der Waals surface area contributed by atoms with Gasteiger partial charge in [-0.3, -0.25) is 4.79 Å². The van der Waals surface area contributed by atoms with E-state index in [1.165, 1.54) is 6.92 Å². The molecule has 2 N–H and O–H groups in total. The normalized spacial score (nSPS) is 11.8. The summed E-state index contributed by atoms with van der Waals surface area (Å²) in [4.78, 5) is 18.6. The van der Waals surface area contributed by atoms with Gasteiger partial charge in [-0.15, -0.1) is 0 Å². The van der Waals surface area contributed by atoms with E-state index in [1.54, 1.807) is 13.8 Å². The minimum atomic E-state index is -1.06. The summed E-state index contributed by atoms with van der Waals surface area (Å²) in [6.45, 7) is 6.78. The fourth-order valence-electron chi connectivity index (χ4n) is 1.47. The zero-order chi connectivity index (χ0) is 11.6. The van der Waals surface area contributed by atoms with E-state index in [2.05, 4.69) is 9.97 Å². The maximum Gasteiger partial charge on any atom is 0.180 e. The molecule has 0 saturated carbocycles. The lowest BCUT2D eigenvalue weighted by atomic mass is 10.0. The van der Waals surface area contributed by atoms with Crippen LogP contribution in [0.1, 0.15) is 56.1 Å². The van der Waals surface area contributed by atoms with Crippen LogP contribution in [0.15, 0.2) is 0 Å². The molecule has 0 aliphatic rings. The maximum atomic E-state index is 11.3.